The summed E-state index contributed by atoms with van der Waals surface area (Å²) < 4.78 is 4.75. The minimum Gasteiger partial charge on any atom is -0.405 e. The summed E-state index contributed by atoms with van der Waals surface area (Å²) >= 11 is 0. The van der Waals surface area contributed by atoms with Gasteiger partial charge in [-0.15, -0.1) is 0 Å². The largest absolute Gasteiger partial charge is 0.439 e. The maximum absolute atomic E-state index is 10.8. The molecule has 0 aliphatic carbocycles. The fraction of sp³-hybridized carbons (Fsp3) is 0.143. The number of rotatable bonds is 0. The van der Waals surface area contributed by atoms with E-state index in [4.69, 9.17) is 4.42 Å². The van der Waals surface area contributed by atoms with Gasteiger partial charge in [0.15, 0.2) is 5.58 Å². The van der Waals surface area contributed by atoms with Gasteiger partial charge in [-0.25, -0.2) is 14.8 Å². The number of nitrogens with zero attached hydrogens (tertiary/aromatic N) is 3. The van der Waals surface area contributed by atoms with Crippen molar-refractivity contribution in [1.82, 2.24) is 15.0 Å². The van der Waals surface area contributed by atoms with Crippen molar-refractivity contribution in [2.45, 2.75) is 6.92 Å². The Balaban J connectivity index is 2.99. The summed E-state index contributed by atoms with van der Waals surface area (Å²) in [5, 5.41) is 0. The van der Waals surface area contributed by atoms with Gasteiger partial charge in [-0.05, 0) is 6.92 Å². The molecule has 0 bridgehead atoms. The predicted molar refractivity (Wildman–Crippen MR) is 40.6 cm³/mol. The van der Waals surface area contributed by atoms with E-state index in [1.54, 1.807) is 6.92 Å². The molecule has 0 radical (unpaired) electrons. The summed E-state index contributed by atoms with van der Waals surface area (Å²) in [5.74, 6) is -0.616. The van der Waals surface area contributed by atoms with Crippen LogP contribution in [-0.2, 0) is 0 Å². The first kappa shape index (κ1) is 6.90. The average Bonchev–Trinajstić information content (AvgIpc) is 2.04. The lowest BCUT2D eigenvalue weighted by atomic mass is 10.4. The van der Waals surface area contributed by atoms with Crippen LogP contribution in [0.15, 0.2) is 21.7 Å². The van der Waals surface area contributed by atoms with E-state index in [9.17, 15) is 4.79 Å². The normalized spacial score (nSPS) is 10.4. The molecule has 5 heteroatoms. The third-order valence-electron chi connectivity index (χ3n) is 1.48. The van der Waals surface area contributed by atoms with E-state index in [-0.39, 0.29) is 0 Å². The van der Waals surface area contributed by atoms with Crippen molar-refractivity contribution in [2.75, 3.05) is 0 Å². The lowest BCUT2D eigenvalue weighted by Gasteiger charge is -1.94. The minimum absolute atomic E-state index is 0.370. The zero-order valence-electron chi connectivity index (χ0n) is 6.31. The third kappa shape index (κ3) is 0.952. The van der Waals surface area contributed by atoms with Crippen molar-refractivity contribution in [1.29, 1.82) is 0 Å². The number of aryl methyl sites for hydroxylation is 1. The molecule has 5 nitrogen and oxygen atoms in total. The summed E-state index contributed by atoms with van der Waals surface area (Å²) in [6, 6.07) is 0. The van der Waals surface area contributed by atoms with E-state index >= 15 is 0 Å². The Labute approximate surface area is 67.1 Å². The second-order valence-corrected chi connectivity index (χ2v) is 2.30. The van der Waals surface area contributed by atoms with Crippen LogP contribution < -0.4 is 5.76 Å². The highest BCUT2D eigenvalue weighted by Gasteiger charge is 2.02. The van der Waals surface area contributed by atoms with Crippen LogP contribution in [0.2, 0.25) is 0 Å². The van der Waals surface area contributed by atoms with Crippen LogP contribution in [0.3, 0.4) is 0 Å². The molecule has 2 aromatic rings. The molecule has 0 aliphatic heterocycles. The lowest BCUT2D eigenvalue weighted by Crippen LogP contribution is -2.06. The first-order chi connectivity index (χ1) is 5.77. The van der Waals surface area contributed by atoms with Crippen molar-refractivity contribution < 1.29 is 4.42 Å². The van der Waals surface area contributed by atoms with Crippen molar-refractivity contribution >= 4 is 11.1 Å². The van der Waals surface area contributed by atoms with Crippen LogP contribution in [0.25, 0.3) is 11.1 Å². The molecule has 0 saturated heterocycles. The van der Waals surface area contributed by atoms with Crippen LogP contribution in [0.4, 0.5) is 0 Å². The Bertz CT molecular complexity index is 477. The molecule has 0 spiro atoms. The molecule has 2 aromatic heterocycles. The second-order valence-electron chi connectivity index (χ2n) is 2.30. The smallest absolute Gasteiger partial charge is 0.405 e. The fourth-order valence-electron chi connectivity index (χ4n) is 0.970. The van der Waals surface area contributed by atoms with Crippen LogP contribution in [0.1, 0.15) is 5.69 Å². The number of hydrogen-bond acceptors (Lipinski definition) is 5. The Morgan fingerprint density at radius 3 is 3.17 bits per heavy atom. The van der Waals surface area contributed by atoms with Gasteiger partial charge in [0.2, 0.25) is 0 Å². The average molecular weight is 163 g/mol. The maximum Gasteiger partial charge on any atom is 0.439 e. The minimum atomic E-state index is -0.616. The van der Waals surface area contributed by atoms with E-state index in [0.717, 1.165) is 0 Å². The van der Waals surface area contributed by atoms with E-state index < -0.39 is 5.76 Å². The zero-order valence-corrected chi connectivity index (χ0v) is 6.31. The molecule has 0 aromatic carbocycles. The highest BCUT2D eigenvalue weighted by atomic mass is 16.4. The van der Waals surface area contributed by atoms with Gasteiger partial charge in [0.1, 0.15) is 11.8 Å². The third-order valence-corrected chi connectivity index (χ3v) is 1.48. The Morgan fingerprint density at radius 2 is 2.33 bits per heavy atom. The molecule has 2 rings (SSSR count). The monoisotopic (exact) mass is 163 g/mol. The number of hydrogen-bond donors (Lipinski definition) is 0. The predicted octanol–water partition coefficient (Wildman–Crippen LogP) is 0.286. The molecule has 0 fully saturated rings. The van der Waals surface area contributed by atoms with Gasteiger partial charge < -0.3 is 4.42 Å². The number of fused-ring (bicyclic) bond motifs is 1. The van der Waals surface area contributed by atoms with Crippen molar-refractivity contribution in [3.63, 3.8) is 0 Å². The summed E-state index contributed by atoms with van der Waals surface area (Å²) in [7, 11) is 0. The molecule has 2 heterocycles. The van der Waals surface area contributed by atoms with Gasteiger partial charge in [0.05, 0.1) is 11.9 Å². The van der Waals surface area contributed by atoms with Gasteiger partial charge in [0, 0.05) is 0 Å². The Morgan fingerprint density at radius 1 is 1.50 bits per heavy atom. The highest BCUT2D eigenvalue weighted by Crippen LogP contribution is 2.07. The molecule has 0 saturated carbocycles. The van der Waals surface area contributed by atoms with E-state index in [2.05, 4.69) is 15.0 Å². The molecule has 60 valence electrons. The molecular weight excluding hydrogens is 158 g/mol. The molecule has 0 atom stereocenters. The van der Waals surface area contributed by atoms with Crippen LogP contribution >= 0.6 is 0 Å². The quantitative estimate of drug-likeness (QED) is 0.558. The summed E-state index contributed by atoms with van der Waals surface area (Å²) in [4.78, 5) is 22.0. The van der Waals surface area contributed by atoms with Crippen LogP contribution in [0.5, 0.6) is 0 Å². The van der Waals surface area contributed by atoms with Crippen molar-refractivity contribution in [3.05, 3.63) is 28.8 Å². The Kier molecular flexibility index (Phi) is 1.36. The topological polar surface area (TPSA) is 68.9 Å². The standard InChI is InChI=1S/C7H5N3O2/c1-4-6-5(2-8-3-9-6)12-7(11)10-4/h2-3H,1H3. The van der Waals surface area contributed by atoms with Gasteiger partial charge in [0.25, 0.3) is 0 Å². The summed E-state index contributed by atoms with van der Waals surface area (Å²) in [6.07, 6.45) is 2.83. The molecule has 0 amide bonds. The van der Waals surface area contributed by atoms with Gasteiger partial charge in [-0.3, -0.25) is 0 Å². The van der Waals surface area contributed by atoms with Crippen LogP contribution in [0, 0.1) is 6.92 Å². The fourth-order valence-corrected chi connectivity index (χ4v) is 0.970. The van der Waals surface area contributed by atoms with Gasteiger partial charge >= 0.3 is 5.76 Å². The number of aromatic nitrogens is 3. The van der Waals surface area contributed by atoms with E-state index in [1.807, 2.05) is 0 Å². The Hall–Kier alpha value is -1.78. The summed E-state index contributed by atoms with van der Waals surface area (Å²) in [5.41, 5.74) is 1.50. The molecule has 0 N–H and O–H groups in total. The molecule has 0 aliphatic rings. The first-order valence-electron chi connectivity index (χ1n) is 3.35. The first-order valence-corrected chi connectivity index (χ1v) is 3.35. The SMILES string of the molecule is Cc1nc(=O)oc2cncnc12. The maximum atomic E-state index is 10.8. The molecular formula is C7H5N3O2. The van der Waals surface area contributed by atoms with Crippen molar-refractivity contribution in [2.24, 2.45) is 0 Å². The zero-order chi connectivity index (χ0) is 8.55. The molecule has 0 unspecified atom stereocenters. The second kappa shape index (κ2) is 2.37. The van der Waals surface area contributed by atoms with Crippen LogP contribution in [-0.4, -0.2) is 15.0 Å². The van der Waals surface area contributed by atoms with E-state index in [0.29, 0.717) is 16.8 Å². The molecule has 12 heavy (non-hydrogen) atoms. The van der Waals surface area contributed by atoms with Gasteiger partial charge in [-0.1, -0.05) is 0 Å². The highest BCUT2D eigenvalue weighted by molar-refractivity contribution is 5.72. The lowest BCUT2D eigenvalue weighted by molar-refractivity contribution is 0.525. The summed E-state index contributed by atoms with van der Waals surface area (Å²) in [6.45, 7) is 1.70. The van der Waals surface area contributed by atoms with Crippen molar-refractivity contribution in [3.8, 4) is 0 Å². The van der Waals surface area contributed by atoms with Gasteiger partial charge in [-0.2, -0.15) is 4.98 Å². The van der Waals surface area contributed by atoms with E-state index in [1.165, 1.54) is 12.5 Å².